The van der Waals surface area contributed by atoms with Crippen LogP contribution in [0.4, 0.5) is 0 Å². The lowest BCUT2D eigenvalue weighted by Gasteiger charge is -2.29. The van der Waals surface area contributed by atoms with Crippen LogP contribution in [0.15, 0.2) is 12.5 Å². The predicted octanol–water partition coefficient (Wildman–Crippen LogP) is 3.55. The maximum Gasteiger partial charge on any atom is 0.0951 e. The minimum Gasteiger partial charge on any atom is -0.334 e. The average molecular weight is 263 g/mol. The SMILES string of the molecule is CCCc1cn(C(C)CC2CCC(CN)CC2)cn1. The number of nitrogens with zero attached hydrogens (tertiary/aromatic N) is 2. The van der Waals surface area contributed by atoms with E-state index < -0.39 is 0 Å². The lowest BCUT2D eigenvalue weighted by Crippen LogP contribution is -2.22. The average Bonchev–Trinajstić information content (AvgIpc) is 2.89. The van der Waals surface area contributed by atoms with Gasteiger partial charge in [-0.1, -0.05) is 26.2 Å². The van der Waals surface area contributed by atoms with E-state index in [0.717, 1.165) is 24.8 Å². The zero-order chi connectivity index (χ0) is 13.7. The Bertz CT molecular complexity index is 364. The van der Waals surface area contributed by atoms with Crippen molar-refractivity contribution in [2.45, 2.75) is 64.8 Å². The molecule has 1 fully saturated rings. The van der Waals surface area contributed by atoms with Gasteiger partial charge in [0.15, 0.2) is 0 Å². The van der Waals surface area contributed by atoms with Crippen LogP contribution in [0.2, 0.25) is 0 Å². The highest BCUT2D eigenvalue weighted by atomic mass is 15.1. The summed E-state index contributed by atoms with van der Waals surface area (Å²) in [5, 5.41) is 0. The lowest BCUT2D eigenvalue weighted by molar-refractivity contribution is 0.244. The molecule has 1 atom stereocenters. The van der Waals surface area contributed by atoms with Crippen molar-refractivity contribution in [3.05, 3.63) is 18.2 Å². The molecule has 0 saturated heterocycles. The third kappa shape index (κ3) is 4.07. The first-order valence-corrected chi connectivity index (χ1v) is 7.95. The Labute approximate surface area is 117 Å². The molecule has 19 heavy (non-hydrogen) atoms. The lowest BCUT2D eigenvalue weighted by atomic mass is 9.79. The highest BCUT2D eigenvalue weighted by Crippen LogP contribution is 2.33. The van der Waals surface area contributed by atoms with E-state index in [4.69, 9.17) is 5.73 Å². The summed E-state index contributed by atoms with van der Waals surface area (Å²) in [4.78, 5) is 4.49. The number of hydrogen-bond acceptors (Lipinski definition) is 2. The smallest absolute Gasteiger partial charge is 0.0951 e. The van der Waals surface area contributed by atoms with Crippen LogP contribution in [0, 0.1) is 11.8 Å². The van der Waals surface area contributed by atoms with E-state index in [2.05, 4.69) is 29.6 Å². The second-order valence-corrected chi connectivity index (χ2v) is 6.27. The Morgan fingerprint density at radius 1 is 1.32 bits per heavy atom. The zero-order valence-corrected chi connectivity index (χ0v) is 12.5. The predicted molar refractivity (Wildman–Crippen MR) is 80.1 cm³/mol. The molecule has 1 heterocycles. The molecule has 1 aromatic heterocycles. The molecule has 1 aromatic rings. The molecule has 0 aromatic carbocycles. The molecule has 0 amide bonds. The molecule has 0 aliphatic heterocycles. The van der Waals surface area contributed by atoms with E-state index in [9.17, 15) is 0 Å². The number of imidazole rings is 1. The van der Waals surface area contributed by atoms with Crippen LogP contribution in [-0.2, 0) is 6.42 Å². The second kappa shape index (κ2) is 7.09. The van der Waals surface area contributed by atoms with Crippen LogP contribution in [0.25, 0.3) is 0 Å². The number of aromatic nitrogens is 2. The summed E-state index contributed by atoms with van der Waals surface area (Å²) in [7, 11) is 0. The Morgan fingerprint density at radius 2 is 2.00 bits per heavy atom. The van der Waals surface area contributed by atoms with E-state index >= 15 is 0 Å². The minimum atomic E-state index is 0.581. The highest BCUT2D eigenvalue weighted by Gasteiger charge is 2.22. The molecule has 2 N–H and O–H groups in total. The normalized spacial score (nSPS) is 25.4. The van der Waals surface area contributed by atoms with Gasteiger partial charge in [0.1, 0.15) is 0 Å². The molecule has 1 aliphatic rings. The summed E-state index contributed by atoms with van der Waals surface area (Å²) in [6.07, 6.45) is 13.2. The Kier molecular flexibility index (Phi) is 5.44. The van der Waals surface area contributed by atoms with Crippen molar-refractivity contribution >= 4 is 0 Å². The summed E-state index contributed by atoms with van der Waals surface area (Å²) in [5.74, 6) is 1.67. The fourth-order valence-electron chi connectivity index (χ4n) is 3.31. The molecule has 0 spiro atoms. The topological polar surface area (TPSA) is 43.8 Å². The monoisotopic (exact) mass is 263 g/mol. The summed E-state index contributed by atoms with van der Waals surface area (Å²) in [6.45, 7) is 5.41. The van der Waals surface area contributed by atoms with Gasteiger partial charge in [0.05, 0.1) is 12.0 Å². The third-order valence-electron chi connectivity index (χ3n) is 4.64. The van der Waals surface area contributed by atoms with Crippen molar-refractivity contribution in [3.8, 4) is 0 Å². The number of nitrogens with two attached hydrogens (primary N) is 1. The molecule has 0 radical (unpaired) electrons. The largest absolute Gasteiger partial charge is 0.334 e. The summed E-state index contributed by atoms with van der Waals surface area (Å²) in [5.41, 5.74) is 7.00. The van der Waals surface area contributed by atoms with E-state index in [1.165, 1.54) is 44.2 Å². The van der Waals surface area contributed by atoms with Crippen LogP contribution < -0.4 is 5.73 Å². The molecular weight excluding hydrogens is 234 g/mol. The first kappa shape index (κ1) is 14.6. The number of rotatable bonds is 6. The molecule has 3 heteroatoms. The maximum absolute atomic E-state index is 5.76. The number of aryl methyl sites for hydroxylation is 1. The third-order valence-corrected chi connectivity index (χ3v) is 4.64. The van der Waals surface area contributed by atoms with Crippen molar-refractivity contribution in [2.75, 3.05) is 6.54 Å². The first-order valence-electron chi connectivity index (χ1n) is 7.95. The van der Waals surface area contributed by atoms with Gasteiger partial charge in [-0.05, 0) is 51.0 Å². The molecule has 3 nitrogen and oxygen atoms in total. The fourth-order valence-corrected chi connectivity index (χ4v) is 3.31. The van der Waals surface area contributed by atoms with Crippen LogP contribution in [0.5, 0.6) is 0 Å². The molecule has 2 rings (SSSR count). The quantitative estimate of drug-likeness (QED) is 0.853. The molecular formula is C16H29N3. The molecule has 108 valence electrons. The molecule has 0 bridgehead atoms. The first-order chi connectivity index (χ1) is 9.22. The Hall–Kier alpha value is -0.830. The minimum absolute atomic E-state index is 0.581. The van der Waals surface area contributed by atoms with E-state index in [1.807, 2.05) is 6.33 Å². The summed E-state index contributed by atoms with van der Waals surface area (Å²) >= 11 is 0. The van der Waals surface area contributed by atoms with Gasteiger partial charge in [-0.15, -0.1) is 0 Å². The van der Waals surface area contributed by atoms with E-state index in [0.29, 0.717) is 6.04 Å². The van der Waals surface area contributed by atoms with Gasteiger partial charge >= 0.3 is 0 Å². The molecule has 1 saturated carbocycles. The van der Waals surface area contributed by atoms with Gasteiger partial charge in [-0.25, -0.2) is 4.98 Å². The van der Waals surface area contributed by atoms with Gasteiger partial charge in [0, 0.05) is 12.2 Å². The van der Waals surface area contributed by atoms with Gasteiger partial charge in [0.2, 0.25) is 0 Å². The van der Waals surface area contributed by atoms with E-state index in [1.54, 1.807) is 0 Å². The standard InChI is InChI=1S/C16H29N3/c1-3-4-16-11-19(12-18-16)13(2)9-14-5-7-15(10-17)8-6-14/h11-15H,3-10,17H2,1-2H3. The molecule has 1 unspecified atom stereocenters. The second-order valence-electron chi connectivity index (χ2n) is 6.27. The Balaban J connectivity index is 1.81. The van der Waals surface area contributed by atoms with E-state index in [-0.39, 0.29) is 0 Å². The summed E-state index contributed by atoms with van der Waals surface area (Å²) < 4.78 is 2.31. The van der Waals surface area contributed by atoms with Crippen LogP contribution in [0.3, 0.4) is 0 Å². The van der Waals surface area contributed by atoms with Gasteiger partial charge in [0.25, 0.3) is 0 Å². The number of hydrogen-bond donors (Lipinski definition) is 1. The van der Waals surface area contributed by atoms with Gasteiger partial charge in [-0.3, -0.25) is 0 Å². The van der Waals surface area contributed by atoms with Crippen molar-refractivity contribution in [3.63, 3.8) is 0 Å². The highest BCUT2D eigenvalue weighted by molar-refractivity contribution is 4.98. The van der Waals surface area contributed by atoms with Crippen molar-refractivity contribution in [1.29, 1.82) is 0 Å². The van der Waals surface area contributed by atoms with Crippen LogP contribution in [0.1, 0.15) is 64.1 Å². The Morgan fingerprint density at radius 3 is 2.63 bits per heavy atom. The van der Waals surface area contributed by atoms with Crippen molar-refractivity contribution in [2.24, 2.45) is 17.6 Å². The fraction of sp³-hybridized carbons (Fsp3) is 0.812. The molecule has 1 aliphatic carbocycles. The zero-order valence-electron chi connectivity index (χ0n) is 12.5. The van der Waals surface area contributed by atoms with Gasteiger partial charge in [-0.2, -0.15) is 0 Å². The van der Waals surface area contributed by atoms with Crippen molar-refractivity contribution < 1.29 is 0 Å². The van der Waals surface area contributed by atoms with Crippen LogP contribution >= 0.6 is 0 Å². The van der Waals surface area contributed by atoms with Crippen LogP contribution in [-0.4, -0.2) is 16.1 Å². The summed E-state index contributed by atoms with van der Waals surface area (Å²) in [6, 6.07) is 0.581. The van der Waals surface area contributed by atoms with Gasteiger partial charge < -0.3 is 10.3 Å². The van der Waals surface area contributed by atoms with Crippen molar-refractivity contribution in [1.82, 2.24) is 9.55 Å². The maximum atomic E-state index is 5.76.